The minimum absolute atomic E-state index is 0.0454. The molecule has 10 heteroatoms. The highest BCUT2D eigenvalue weighted by atomic mass is 19.1. The normalized spacial score (nSPS) is 10.1. The van der Waals surface area contributed by atoms with E-state index in [4.69, 9.17) is 15.2 Å². The molecule has 0 aromatic heterocycles. The lowest BCUT2D eigenvalue weighted by atomic mass is 10.2. The fourth-order valence-electron chi connectivity index (χ4n) is 2.02. The summed E-state index contributed by atoms with van der Waals surface area (Å²) >= 11 is 0. The molecule has 0 fully saturated rings. The van der Waals surface area contributed by atoms with E-state index in [1.807, 2.05) is 0 Å². The van der Waals surface area contributed by atoms with Gasteiger partial charge in [0.15, 0.2) is 6.61 Å². The number of nitrogen functional groups attached to an aromatic ring is 1. The lowest BCUT2D eigenvalue weighted by Crippen LogP contribution is -2.21. The predicted molar refractivity (Wildman–Crippen MR) is 89.4 cm³/mol. The molecule has 0 atom stereocenters. The van der Waals surface area contributed by atoms with Crippen LogP contribution in [0.4, 0.5) is 21.5 Å². The molecule has 0 bridgehead atoms. The summed E-state index contributed by atoms with van der Waals surface area (Å²) in [5, 5.41) is 13.2. The summed E-state index contributed by atoms with van der Waals surface area (Å²) in [5.41, 5.74) is 5.09. The molecular formula is C16H14FN3O6. The van der Waals surface area contributed by atoms with Gasteiger partial charge >= 0.3 is 5.97 Å². The summed E-state index contributed by atoms with van der Waals surface area (Å²) in [7, 11) is 1.33. The zero-order valence-corrected chi connectivity index (χ0v) is 13.5. The van der Waals surface area contributed by atoms with Gasteiger partial charge in [-0.25, -0.2) is 9.18 Å². The number of amides is 1. The summed E-state index contributed by atoms with van der Waals surface area (Å²) in [6, 6.07) is 6.75. The van der Waals surface area contributed by atoms with Gasteiger partial charge in [-0.1, -0.05) is 0 Å². The Morgan fingerprint density at radius 2 is 2.00 bits per heavy atom. The van der Waals surface area contributed by atoms with Gasteiger partial charge in [0.1, 0.15) is 11.6 Å². The third-order valence-electron chi connectivity index (χ3n) is 3.24. The second-order valence-electron chi connectivity index (χ2n) is 5.00. The molecule has 0 saturated heterocycles. The number of carbonyl (C=O) groups excluding carboxylic acids is 2. The lowest BCUT2D eigenvalue weighted by Gasteiger charge is -2.11. The van der Waals surface area contributed by atoms with Gasteiger partial charge in [-0.2, -0.15) is 0 Å². The fourth-order valence-corrected chi connectivity index (χ4v) is 2.02. The molecule has 2 aromatic carbocycles. The maximum Gasteiger partial charge on any atom is 0.340 e. The number of nitrogens with zero attached hydrogens (tertiary/aromatic N) is 1. The monoisotopic (exact) mass is 363 g/mol. The number of anilines is 2. The summed E-state index contributed by atoms with van der Waals surface area (Å²) in [6.45, 7) is -0.679. The van der Waals surface area contributed by atoms with Crippen LogP contribution in [0.2, 0.25) is 0 Å². The molecule has 2 aromatic rings. The Kier molecular flexibility index (Phi) is 5.68. The van der Waals surface area contributed by atoms with Crippen LogP contribution < -0.4 is 15.8 Å². The van der Waals surface area contributed by atoms with Crippen LogP contribution in [0.15, 0.2) is 36.4 Å². The number of nitrogens with two attached hydrogens (primary N) is 1. The highest BCUT2D eigenvalue weighted by molar-refractivity contribution is 5.98. The van der Waals surface area contributed by atoms with Crippen LogP contribution in [-0.4, -0.2) is 30.5 Å². The Morgan fingerprint density at radius 1 is 1.27 bits per heavy atom. The van der Waals surface area contributed by atoms with Crippen molar-refractivity contribution in [3.63, 3.8) is 0 Å². The second kappa shape index (κ2) is 7.92. The molecule has 136 valence electrons. The average molecular weight is 363 g/mol. The van der Waals surface area contributed by atoms with Crippen molar-refractivity contribution < 1.29 is 28.4 Å². The molecule has 0 spiro atoms. The van der Waals surface area contributed by atoms with Crippen LogP contribution in [0.25, 0.3) is 0 Å². The maximum atomic E-state index is 13.0. The van der Waals surface area contributed by atoms with Crippen molar-refractivity contribution in [1.29, 1.82) is 0 Å². The van der Waals surface area contributed by atoms with Crippen molar-refractivity contribution in [3.8, 4) is 5.75 Å². The number of non-ortho nitro benzene ring substituents is 1. The number of nitro benzene ring substituents is 1. The SMILES string of the molecule is COc1ccc([N+](=O)[O-])cc1NC(=O)COC(=O)c1ccc(F)cc1N. The highest BCUT2D eigenvalue weighted by Gasteiger charge is 2.16. The largest absolute Gasteiger partial charge is 0.495 e. The number of hydrogen-bond donors (Lipinski definition) is 2. The first-order valence-corrected chi connectivity index (χ1v) is 7.16. The van der Waals surface area contributed by atoms with Crippen molar-refractivity contribution in [3.05, 3.63) is 57.9 Å². The number of halogens is 1. The maximum absolute atomic E-state index is 13.0. The molecule has 0 unspecified atom stereocenters. The van der Waals surface area contributed by atoms with Crippen LogP contribution in [-0.2, 0) is 9.53 Å². The predicted octanol–water partition coefficient (Wildman–Crippen LogP) is 2.12. The van der Waals surface area contributed by atoms with Crippen LogP contribution >= 0.6 is 0 Å². The van der Waals surface area contributed by atoms with Gasteiger partial charge in [0.05, 0.1) is 23.3 Å². The molecule has 2 rings (SSSR count). The van der Waals surface area contributed by atoms with Gasteiger partial charge in [0.2, 0.25) is 0 Å². The van der Waals surface area contributed by atoms with Crippen molar-refractivity contribution >= 4 is 28.9 Å². The standard InChI is InChI=1S/C16H14FN3O6/c1-25-14-5-3-10(20(23)24)7-13(14)19-15(21)8-26-16(22)11-4-2-9(17)6-12(11)18/h2-7H,8,18H2,1H3,(H,19,21). The Hall–Kier alpha value is -3.69. The Morgan fingerprint density at radius 3 is 2.62 bits per heavy atom. The molecular weight excluding hydrogens is 349 g/mol. The van der Waals surface area contributed by atoms with E-state index in [1.165, 1.54) is 19.2 Å². The van der Waals surface area contributed by atoms with E-state index in [9.17, 15) is 24.1 Å². The first-order valence-electron chi connectivity index (χ1n) is 7.16. The number of nitrogens with one attached hydrogen (secondary N) is 1. The molecule has 9 nitrogen and oxygen atoms in total. The van der Waals surface area contributed by atoms with Crippen molar-refractivity contribution in [2.24, 2.45) is 0 Å². The summed E-state index contributed by atoms with van der Waals surface area (Å²) < 4.78 is 22.8. The number of carbonyl (C=O) groups is 2. The van der Waals surface area contributed by atoms with Crippen LogP contribution in [0.1, 0.15) is 10.4 Å². The van der Waals surface area contributed by atoms with Crippen LogP contribution in [0.3, 0.4) is 0 Å². The number of benzene rings is 2. The topological polar surface area (TPSA) is 134 Å². The van der Waals surface area contributed by atoms with E-state index >= 15 is 0 Å². The van der Waals surface area contributed by atoms with Crippen LogP contribution in [0, 0.1) is 15.9 Å². The Balaban J connectivity index is 2.03. The van der Waals surface area contributed by atoms with E-state index in [2.05, 4.69) is 5.32 Å². The summed E-state index contributed by atoms with van der Waals surface area (Å²) in [5.74, 6) is -2.09. The minimum atomic E-state index is -0.913. The van der Waals surface area contributed by atoms with E-state index in [1.54, 1.807) is 0 Å². The third kappa shape index (κ3) is 4.44. The van der Waals surface area contributed by atoms with Gasteiger partial charge in [-0.15, -0.1) is 0 Å². The summed E-state index contributed by atoms with van der Waals surface area (Å²) in [6.07, 6.45) is 0. The molecule has 26 heavy (non-hydrogen) atoms. The lowest BCUT2D eigenvalue weighted by molar-refractivity contribution is -0.384. The molecule has 0 heterocycles. The van der Waals surface area contributed by atoms with Crippen LogP contribution in [0.5, 0.6) is 5.75 Å². The zero-order chi connectivity index (χ0) is 19.3. The van der Waals surface area contributed by atoms with Crippen molar-refractivity contribution in [2.75, 3.05) is 24.8 Å². The molecule has 0 radical (unpaired) electrons. The van der Waals surface area contributed by atoms with Gasteiger partial charge in [0, 0.05) is 17.8 Å². The second-order valence-corrected chi connectivity index (χ2v) is 5.00. The quantitative estimate of drug-likeness (QED) is 0.347. The highest BCUT2D eigenvalue weighted by Crippen LogP contribution is 2.28. The Labute approximate surface area is 146 Å². The molecule has 3 N–H and O–H groups in total. The average Bonchev–Trinajstić information content (AvgIpc) is 2.59. The van der Waals surface area contributed by atoms with Crippen molar-refractivity contribution in [1.82, 2.24) is 0 Å². The molecule has 0 aliphatic rings. The first-order chi connectivity index (χ1) is 12.3. The number of ether oxygens (including phenoxy) is 2. The third-order valence-corrected chi connectivity index (χ3v) is 3.24. The molecule has 0 aliphatic heterocycles. The molecule has 0 saturated carbocycles. The zero-order valence-electron chi connectivity index (χ0n) is 13.5. The first kappa shape index (κ1) is 18.6. The fraction of sp³-hybridized carbons (Fsp3) is 0.125. The molecule has 0 aliphatic carbocycles. The smallest absolute Gasteiger partial charge is 0.340 e. The van der Waals surface area contributed by atoms with Gasteiger partial charge in [0.25, 0.3) is 11.6 Å². The van der Waals surface area contributed by atoms with E-state index in [0.29, 0.717) is 0 Å². The van der Waals surface area contributed by atoms with E-state index in [-0.39, 0.29) is 28.4 Å². The van der Waals surface area contributed by atoms with Gasteiger partial charge < -0.3 is 20.5 Å². The van der Waals surface area contributed by atoms with Crippen molar-refractivity contribution in [2.45, 2.75) is 0 Å². The van der Waals surface area contributed by atoms with E-state index in [0.717, 1.165) is 24.3 Å². The summed E-state index contributed by atoms with van der Waals surface area (Å²) in [4.78, 5) is 34.0. The molecule has 1 amide bonds. The number of rotatable bonds is 6. The van der Waals surface area contributed by atoms with Gasteiger partial charge in [-0.3, -0.25) is 14.9 Å². The number of esters is 1. The minimum Gasteiger partial charge on any atom is -0.495 e. The number of nitro groups is 1. The van der Waals surface area contributed by atoms with Gasteiger partial charge in [-0.05, 0) is 24.3 Å². The number of hydrogen-bond acceptors (Lipinski definition) is 7. The Bertz CT molecular complexity index is 871. The van der Waals surface area contributed by atoms with E-state index < -0.39 is 29.2 Å². The number of methoxy groups -OCH3 is 1.